The van der Waals surface area contributed by atoms with Crippen LogP contribution in [0.25, 0.3) is 10.9 Å². The number of aliphatic hydroxyl groups excluding tert-OH is 1. The van der Waals surface area contributed by atoms with Crippen molar-refractivity contribution in [1.82, 2.24) is 19.9 Å². The number of hydrogen-bond acceptors (Lipinski definition) is 8. The summed E-state index contributed by atoms with van der Waals surface area (Å²) in [4.78, 5) is 27.7. The van der Waals surface area contributed by atoms with Gasteiger partial charge in [0.15, 0.2) is 0 Å². The third-order valence-electron chi connectivity index (χ3n) is 6.52. The lowest BCUT2D eigenvalue weighted by molar-refractivity contribution is -0.146. The molecule has 2 N–H and O–H groups in total. The molecule has 1 aliphatic rings. The summed E-state index contributed by atoms with van der Waals surface area (Å²) in [5.41, 5.74) is 1.60. The van der Waals surface area contributed by atoms with E-state index in [0.717, 1.165) is 46.6 Å². The zero-order chi connectivity index (χ0) is 23.9. The molecule has 3 heterocycles. The van der Waals surface area contributed by atoms with E-state index in [9.17, 15) is 15.0 Å². The number of methoxy groups -OCH3 is 1. The van der Waals surface area contributed by atoms with Crippen LogP contribution in [0.15, 0.2) is 54.1 Å². The third-order valence-corrected chi connectivity index (χ3v) is 7.45. The van der Waals surface area contributed by atoms with Gasteiger partial charge in [0.2, 0.25) is 0 Å². The quantitative estimate of drug-likeness (QED) is 0.418. The molecule has 180 valence electrons. The molecule has 0 aliphatic carbocycles. The number of carboxylic acid groups (broad SMARTS) is 1. The number of carboxylic acids is 1. The highest BCUT2D eigenvalue weighted by atomic mass is 32.2. The van der Waals surface area contributed by atoms with Crippen molar-refractivity contribution in [3.05, 3.63) is 54.7 Å². The van der Waals surface area contributed by atoms with E-state index >= 15 is 0 Å². The Hall–Kier alpha value is -2.75. The fourth-order valence-corrected chi connectivity index (χ4v) is 5.50. The number of piperidine rings is 1. The van der Waals surface area contributed by atoms with Crippen molar-refractivity contribution in [3.63, 3.8) is 0 Å². The van der Waals surface area contributed by atoms with Crippen molar-refractivity contribution >= 4 is 28.6 Å². The number of nitrogens with zero attached hydrogens (tertiary/aromatic N) is 4. The number of aromatic nitrogens is 3. The van der Waals surface area contributed by atoms with E-state index < -0.39 is 18.0 Å². The second-order valence-electron chi connectivity index (χ2n) is 8.59. The number of pyridine rings is 1. The number of carbonyl (C=O) groups is 1. The number of ether oxygens (including phenoxy) is 1. The minimum absolute atomic E-state index is 0.0428. The number of fused-ring (bicyclic) bond motifs is 1. The van der Waals surface area contributed by atoms with Gasteiger partial charge in [-0.05, 0) is 61.6 Å². The third kappa shape index (κ3) is 6.02. The van der Waals surface area contributed by atoms with Crippen molar-refractivity contribution in [3.8, 4) is 5.75 Å². The Morgan fingerprint density at radius 2 is 2.12 bits per heavy atom. The van der Waals surface area contributed by atoms with Gasteiger partial charge in [0, 0.05) is 47.7 Å². The van der Waals surface area contributed by atoms with Crippen LogP contribution in [0, 0.1) is 11.8 Å². The molecule has 1 unspecified atom stereocenters. The van der Waals surface area contributed by atoms with Crippen LogP contribution in [0.3, 0.4) is 0 Å². The van der Waals surface area contributed by atoms with Gasteiger partial charge in [-0.1, -0.05) is 0 Å². The molecule has 0 spiro atoms. The number of likely N-dealkylation sites (tertiary alicyclic amines) is 1. The van der Waals surface area contributed by atoms with Gasteiger partial charge in [-0.2, -0.15) is 0 Å². The number of hydrogen-bond donors (Lipinski definition) is 2. The van der Waals surface area contributed by atoms with Crippen molar-refractivity contribution in [2.24, 2.45) is 11.8 Å². The van der Waals surface area contributed by atoms with Crippen molar-refractivity contribution in [1.29, 1.82) is 0 Å². The predicted octanol–water partition coefficient (Wildman–Crippen LogP) is 3.66. The Morgan fingerprint density at radius 1 is 1.29 bits per heavy atom. The first kappa shape index (κ1) is 24.4. The van der Waals surface area contributed by atoms with E-state index in [1.54, 1.807) is 37.5 Å². The average Bonchev–Trinajstić information content (AvgIpc) is 2.87. The maximum absolute atomic E-state index is 12.0. The molecular formula is C25H30N4O4S. The highest BCUT2D eigenvalue weighted by Gasteiger charge is 2.34. The van der Waals surface area contributed by atoms with Crippen LogP contribution in [0.2, 0.25) is 0 Å². The molecule has 0 amide bonds. The van der Waals surface area contributed by atoms with Crippen LogP contribution in [-0.2, 0) is 4.79 Å². The zero-order valence-corrected chi connectivity index (χ0v) is 20.0. The van der Waals surface area contributed by atoms with E-state index in [0.29, 0.717) is 25.1 Å². The summed E-state index contributed by atoms with van der Waals surface area (Å²) in [7, 11) is 1.61. The van der Waals surface area contributed by atoms with Crippen LogP contribution in [0.4, 0.5) is 0 Å². The largest absolute Gasteiger partial charge is 0.497 e. The molecule has 1 aromatic carbocycles. The fourth-order valence-electron chi connectivity index (χ4n) is 4.64. The molecule has 8 nitrogen and oxygen atoms in total. The van der Waals surface area contributed by atoms with Crippen molar-refractivity contribution in [2.75, 3.05) is 32.5 Å². The fraction of sp³-hybridized carbons (Fsp3) is 0.440. The Morgan fingerprint density at radius 3 is 2.88 bits per heavy atom. The molecule has 0 radical (unpaired) electrons. The molecule has 1 saturated heterocycles. The first-order valence-corrected chi connectivity index (χ1v) is 12.5. The van der Waals surface area contributed by atoms with E-state index in [4.69, 9.17) is 4.74 Å². The Kier molecular flexibility index (Phi) is 8.31. The summed E-state index contributed by atoms with van der Waals surface area (Å²) in [6, 6.07) is 7.45. The van der Waals surface area contributed by atoms with Crippen molar-refractivity contribution in [2.45, 2.75) is 30.3 Å². The summed E-state index contributed by atoms with van der Waals surface area (Å²) in [6.07, 6.45) is 8.09. The number of thioether (sulfide) groups is 1. The minimum atomic E-state index is -0.757. The van der Waals surface area contributed by atoms with Gasteiger partial charge in [0.05, 0.1) is 24.6 Å². The van der Waals surface area contributed by atoms with Crippen molar-refractivity contribution < 1.29 is 19.7 Å². The first-order chi connectivity index (χ1) is 16.5. The number of aliphatic hydroxyl groups is 1. The molecule has 0 saturated carbocycles. The van der Waals surface area contributed by atoms with Gasteiger partial charge < -0.3 is 19.8 Å². The van der Waals surface area contributed by atoms with Crippen LogP contribution < -0.4 is 4.74 Å². The Bertz CT molecular complexity index is 1100. The summed E-state index contributed by atoms with van der Waals surface area (Å²) in [5, 5.41) is 21.7. The molecule has 4 rings (SSSR count). The molecule has 1 aliphatic heterocycles. The number of benzene rings is 1. The second kappa shape index (κ2) is 11.6. The molecule has 34 heavy (non-hydrogen) atoms. The van der Waals surface area contributed by atoms with Crippen LogP contribution in [0.1, 0.15) is 30.9 Å². The van der Waals surface area contributed by atoms with Gasteiger partial charge in [0.25, 0.3) is 0 Å². The maximum Gasteiger partial charge on any atom is 0.308 e. The lowest BCUT2D eigenvalue weighted by Crippen LogP contribution is -2.44. The average molecular weight is 483 g/mol. The lowest BCUT2D eigenvalue weighted by Gasteiger charge is -2.36. The normalized spacial score (nSPS) is 19.7. The smallest absolute Gasteiger partial charge is 0.308 e. The van der Waals surface area contributed by atoms with E-state index in [1.165, 1.54) is 6.33 Å². The standard InChI is InChI=1S/C25H30N4O4S/c1-33-18-3-4-23-21(12-18)20(6-8-28-23)24(30)5-2-17-7-9-29(15-22(17)25(31)32)10-11-34-19-13-26-16-27-14-19/h3-4,6,8,12-14,16-17,22,24,30H,2,5,7,9-11,15H2,1H3,(H,31,32)/t17-,22+,24?/m1/s1. The molecule has 3 atom stereocenters. The topological polar surface area (TPSA) is 109 Å². The summed E-state index contributed by atoms with van der Waals surface area (Å²) >= 11 is 1.68. The predicted molar refractivity (Wildman–Crippen MR) is 131 cm³/mol. The minimum Gasteiger partial charge on any atom is -0.497 e. The van der Waals surface area contributed by atoms with Gasteiger partial charge >= 0.3 is 5.97 Å². The monoisotopic (exact) mass is 482 g/mol. The SMILES string of the molecule is COc1ccc2nccc(C(O)CC[C@@H]3CCN(CCSc4cncnc4)C[C@@H]3C(=O)O)c2c1. The van der Waals surface area contributed by atoms with Gasteiger partial charge in [-0.3, -0.25) is 9.78 Å². The van der Waals surface area contributed by atoms with E-state index in [1.807, 2.05) is 24.3 Å². The molecule has 0 bridgehead atoms. The zero-order valence-electron chi connectivity index (χ0n) is 19.2. The van der Waals surface area contributed by atoms with Crippen LogP contribution in [0.5, 0.6) is 5.75 Å². The van der Waals surface area contributed by atoms with E-state index in [-0.39, 0.29) is 5.92 Å². The molecule has 2 aromatic heterocycles. The Labute approximate surface area is 203 Å². The molecular weight excluding hydrogens is 452 g/mol. The molecule has 1 fully saturated rings. The number of aliphatic carboxylic acids is 1. The lowest BCUT2D eigenvalue weighted by atomic mass is 9.81. The first-order valence-electron chi connectivity index (χ1n) is 11.5. The highest BCUT2D eigenvalue weighted by Crippen LogP contribution is 2.34. The molecule has 3 aromatic rings. The second-order valence-corrected chi connectivity index (χ2v) is 9.76. The summed E-state index contributed by atoms with van der Waals surface area (Å²) in [6.45, 7) is 2.23. The summed E-state index contributed by atoms with van der Waals surface area (Å²) in [5.74, 6) is 0.431. The van der Waals surface area contributed by atoms with E-state index in [2.05, 4.69) is 19.9 Å². The van der Waals surface area contributed by atoms with Gasteiger partial charge in [0.1, 0.15) is 12.1 Å². The van der Waals surface area contributed by atoms with Crippen LogP contribution >= 0.6 is 11.8 Å². The van der Waals surface area contributed by atoms with Gasteiger partial charge in [-0.15, -0.1) is 11.8 Å². The number of rotatable bonds is 10. The summed E-state index contributed by atoms with van der Waals surface area (Å²) < 4.78 is 5.33. The Balaban J connectivity index is 1.34. The van der Waals surface area contributed by atoms with Gasteiger partial charge in [-0.25, -0.2) is 9.97 Å². The molecule has 9 heteroatoms. The highest BCUT2D eigenvalue weighted by molar-refractivity contribution is 7.99. The van der Waals surface area contributed by atoms with Crippen LogP contribution in [-0.4, -0.2) is 68.5 Å². The maximum atomic E-state index is 12.0.